The molecule has 20 heteroatoms. The number of hydrogen-bond donors (Lipinski definition) is 1. The predicted molar refractivity (Wildman–Crippen MR) is 170 cm³/mol. The highest BCUT2D eigenvalue weighted by atomic mass is 35.5. The third kappa shape index (κ3) is 7.93. The van der Waals surface area contributed by atoms with Crippen LogP contribution in [0.25, 0.3) is 11.0 Å². The molecule has 0 aromatic carbocycles. The minimum atomic E-state index is -4.18. The summed E-state index contributed by atoms with van der Waals surface area (Å²) in [6, 6.07) is 0.958. The van der Waals surface area contributed by atoms with Gasteiger partial charge in [0.1, 0.15) is 25.0 Å². The van der Waals surface area contributed by atoms with Gasteiger partial charge in [0.2, 0.25) is 5.28 Å². The first-order valence-corrected chi connectivity index (χ1v) is 21.2. The SMILES string of the molecule is CCOP(=O)(OCC)[C@](CO)(Cc1nnnn1COCC[Si](C)(C)C)OC[C@H]1O[C@@H](n2ncc3cnc(Cl)nc32)[C@@H]2OC(C)(C)O[C@@H]21. The van der Waals surface area contributed by atoms with Crippen LogP contribution in [0.1, 0.15) is 39.7 Å². The first kappa shape index (κ1) is 36.3. The van der Waals surface area contributed by atoms with Crippen LogP contribution in [0.5, 0.6) is 0 Å². The lowest BCUT2D eigenvalue weighted by molar-refractivity contribution is -0.207. The van der Waals surface area contributed by atoms with E-state index >= 15 is 0 Å². The van der Waals surface area contributed by atoms with E-state index in [2.05, 4.69) is 50.2 Å². The van der Waals surface area contributed by atoms with Crippen molar-refractivity contribution in [2.75, 3.05) is 33.0 Å². The molecule has 3 aromatic rings. The Balaban J connectivity index is 1.42. The number of aliphatic hydroxyl groups is 1. The van der Waals surface area contributed by atoms with E-state index in [1.54, 1.807) is 44.8 Å². The Labute approximate surface area is 279 Å². The monoisotopic (exact) mass is 718 g/mol. The van der Waals surface area contributed by atoms with E-state index in [1.807, 2.05) is 0 Å². The molecule has 0 spiro atoms. The summed E-state index contributed by atoms with van der Waals surface area (Å²) in [5.41, 5.74) is 0.449. The third-order valence-electron chi connectivity index (χ3n) is 7.78. The van der Waals surface area contributed by atoms with Crippen molar-refractivity contribution >= 4 is 38.3 Å². The second-order valence-corrected chi connectivity index (χ2v) is 21.3. The number of rotatable bonds is 17. The van der Waals surface area contributed by atoms with E-state index in [1.165, 1.54) is 4.68 Å². The van der Waals surface area contributed by atoms with Gasteiger partial charge < -0.3 is 37.8 Å². The van der Waals surface area contributed by atoms with Crippen LogP contribution in [-0.2, 0) is 50.4 Å². The molecule has 2 aliphatic heterocycles. The minimum Gasteiger partial charge on any atom is -0.393 e. The van der Waals surface area contributed by atoms with Gasteiger partial charge in [-0.1, -0.05) is 19.6 Å². The highest BCUT2D eigenvalue weighted by Crippen LogP contribution is 2.62. The molecule has 17 nitrogen and oxygen atoms in total. The molecule has 0 aliphatic carbocycles. The average molecular weight is 719 g/mol. The van der Waals surface area contributed by atoms with Gasteiger partial charge in [0.15, 0.2) is 28.8 Å². The van der Waals surface area contributed by atoms with Crippen molar-refractivity contribution in [3.05, 3.63) is 23.5 Å². The van der Waals surface area contributed by atoms with Gasteiger partial charge in [0.25, 0.3) is 0 Å². The lowest BCUT2D eigenvalue weighted by Gasteiger charge is -2.37. The Morgan fingerprint density at radius 1 is 1.15 bits per heavy atom. The number of aliphatic hydroxyl groups excluding tert-OH is 1. The molecule has 0 saturated carbocycles. The Bertz CT molecular complexity index is 1550. The second kappa shape index (κ2) is 14.5. The predicted octanol–water partition coefficient (Wildman–Crippen LogP) is 3.41. The Morgan fingerprint density at radius 2 is 1.87 bits per heavy atom. The van der Waals surface area contributed by atoms with E-state index in [-0.39, 0.29) is 44.1 Å². The fourth-order valence-corrected chi connectivity index (χ4v) is 8.33. The fraction of sp³-hybridized carbons (Fsp3) is 0.778. The first-order valence-electron chi connectivity index (χ1n) is 15.6. The molecule has 5 atom stereocenters. The third-order valence-corrected chi connectivity index (χ3v) is 12.3. The highest BCUT2D eigenvalue weighted by molar-refractivity contribution is 7.55. The molecule has 5 heterocycles. The zero-order chi connectivity index (χ0) is 34.0. The van der Waals surface area contributed by atoms with E-state index in [0.29, 0.717) is 17.6 Å². The molecule has 0 radical (unpaired) electrons. The largest absolute Gasteiger partial charge is 0.393 e. The van der Waals surface area contributed by atoms with Gasteiger partial charge in [-0.3, -0.25) is 4.57 Å². The van der Waals surface area contributed by atoms with Gasteiger partial charge >= 0.3 is 7.60 Å². The molecule has 2 saturated heterocycles. The summed E-state index contributed by atoms with van der Waals surface area (Å²) >= 11 is 6.10. The van der Waals surface area contributed by atoms with Crippen molar-refractivity contribution in [2.24, 2.45) is 0 Å². The molecule has 47 heavy (non-hydrogen) atoms. The van der Waals surface area contributed by atoms with Crippen molar-refractivity contribution in [2.45, 2.75) is 102 Å². The molecule has 2 aliphatic rings. The van der Waals surface area contributed by atoms with Crippen LogP contribution in [0.2, 0.25) is 31.0 Å². The number of fused-ring (bicyclic) bond motifs is 2. The second-order valence-electron chi connectivity index (χ2n) is 13.0. The van der Waals surface area contributed by atoms with Crippen molar-refractivity contribution in [1.29, 1.82) is 0 Å². The molecule has 3 aromatic heterocycles. The maximum atomic E-state index is 14.5. The average Bonchev–Trinajstić information content (AvgIpc) is 3.76. The van der Waals surface area contributed by atoms with Gasteiger partial charge in [-0.25, -0.2) is 14.3 Å². The Kier molecular flexibility index (Phi) is 11.2. The summed E-state index contributed by atoms with van der Waals surface area (Å²) in [6.45, 7) is 13.4. The van der Waals surface area contributed by atoms with Gasteiger partial charge in [-0.15, -0.1) is 5.10 Å². The zero-order valence-corrected chi connectivity index (χ0v) is 30.4. The van der Waals surface area contributed by atoms with Gasteiger partial charge in [0.05, 0.1) is 44.4 Å². The number of hydrogen-bond acceptors (Lipinski definition) is 15. The van der Waals surface area contributed by atoms with Gasteiger partial charge in [0, 0.05) is 20.9 Å². The van der Waals surface area contributed by atoms with Crippen molar-refractivity contribution in [3.8, 4) is 0 Å². The Hall–Kier alpha value is -1.96. The molecule has 1 N–H and O–H groups in total. The first-order chi connectivity index (χ1) is 22.2. The molecule has 0 bridgehead atoms. The number of ether oxygens (including phenoxy) is 5. The topological polar surface area (TPSA) is 189 Å². The number of halogens is 1. The lowest BCUT2D eigenvalue weighted by atomic mass is 10.1. The fourth-order valence-electron chi connectivity index (χ4n) is 5.48. The maximum Gasteiger partial charge on any atom is 0.365 e. The smallest absolute Gasteiger partial charge is 0.365 e. The van der Waals surface area contributed by atoms with E-state index < -0.39 is 57.9 Å². The van der Waals surface area contributed by atoms with Crippen LogP contribution in [-0.4, -0.2) is 116 Å². The van der Waals surface area contributed by atoms with Crippen LogP contribution >= 0.6 is 19.2 Å². The van der Waals surface area contributed by atoms with E-state index in [0.717, 1.165) is 6.04 Å². The van der Waals surface area contributed by atoms with Crippen molar-refractivity contribution in [1.82, 2.24) is 40.0 Å². The molecule has 0 unspecified atom stereocenters. The number of nitrogens with zero attached hydrogens (tertiary/aromatic N) is 8. The van der Waals surface area contributed by atoms with Crippen molar-refractivity contribution in [3.63, 3.8) is 0 Å². The summed E-state index contributed by atoms with van der Waals surface area (Å²) in [4.78, 5) is 8.36. The molecule has 262 valence electrons. The standard InChI is InChI=1S/C27H44ClN8O9PSi/c1-8-41-46(38,42-9-2)27(16-37,12-20-32-33-34-35(20)17-39-10-11-47(5,6)7)40-15-19-21-22(45-26(3,4)44-21)24(43-19)36-23-18(14-30-36)13-29-25(28)31-23/h13-14,19,21-22,24,37H,8-12,15-17H2,1-7H3/t19-,21-,22-,24-,27+/m1/s1. The molecule has 0 amide bonds. The van der Waals surface area contributed by atoms with Crippen LogP contribution in [0.15, 0.2) is 12.4 Å². The summed E-state index contributed by atoms with van der Waals surface area (Å²) in [7, 11) is -5.50. The van der Waals surface area contributed by atoms with Crippen molar-refractivity contribution < 1.29 is 42.4 Å². The highest BCUT2D eigenvalue weighted by Gasteiger charge is 2.59. The quantitative estimate of drug-likeness (QED) is 0.0924. The molecule has 5 rings (SSSR count). The number of aromatic nitrogens is 8. The lowest BCUT2D eigenvalue weighted by Crippen LogP contribution is -2.45. The van der Waals surface area contributed by atoms with Crippen LogP contribution < -0.4 is 0 Å². The summed E-state index contributed by atoms with van der Waals surface area (Å²) in [6.07, 6.45) is 0.135. The maximum absolute atomic E-state index is 14.5. The van der Waals surface area contributed by atoms with E-state index in [4.69, 9.17) is 44.3 Å². The number of tetrazole rings is 1. The van der Waals surface area contributed by atoms with Crippen LogP contribution in [0, 0.1) is 0 Å². The van der Waals surface area contributed by atoms with Gasteiger partial charge in [-0.05, 0) is 55.8 Å². The zero-order valence-electron chi connectivity index (χ0n) is 27.7. The van der Waals surface area contributed by atoms with Crippen LogP contribution in [0.3, 0.4) is 0 Å². The summed E-state index contributed by atoms with van der Waals surface area (Å²) in [5.74, 6) is -0.695. The van der Waals surface area contributed by atoms with Gasteiger partial charge in [-0.2, -0.15) is 10.1 Å². The minimum absolute atomic E-state index is 0.0295. The summed E-state index contributed by atoms with van der Waals surface area (Å²) < 4.78 is 60.2. The molecular formula is C27H44ClN8O9PSi. The molecular weight excluding hydrogens is 675 g/mol. The van der Waals surface area contributed by atoms with E-state index in [9.17, 15) is 9.67 Å². The molecule has 2 fully saturated rings. The van der Waals surface area contributed by atoms with Crippen LogP contribution in [0.4, 0.5) is 0 Å². The Morgan fingerprint density at radius 3 is 2.55 bits per heavy atom. The normalized spacial score (nSPS) is 24.2. The summed E-state index contributed by atoms with van der Waals surface area (Å²) in [5, 5.41) is 26.2.